The molecule has 0 bridgehead atoms. The molecule has 2 aromatic rings. The minimum atomic E-state index is 0.182. The van der Waals surface area contributed by atoms with Gasteiger partial charge in [0.1, 0.15) is 5.75 Å². The summed E-state index contributed by atoms with van der Waals surface area (Å²) in [6.07, 6.45) is 0.441. The molecule has 2 aromatic carbocycles. The Morgan fingerprint density at radius 1 is 1.04 bits per heavy atom. The molecule has 126 valence electrons. The van der Waals surface area contributed by atoms with Gasteiger partial charge < -0.3 is 14.5 Å². The Hall–Kier alpha value is -2.01. The maximum absolute atomic E-state index is 12.5. The third-order valence-electron chi connectivity index (χ3n) is 4.36. The number of piperazine rings is 1. The summed E-state index contributed by atoms with van der Waals surface area (Å²) in [5.74, 6) is 1.06. The van der Waals surface area contributed by atoms with Crippen molar-refractivity contribution in [3.05, 3.63) is 58.6 Å². The topological polar surface area (TPSA) is 32.8 Å². The predicted molar refractivity (Wildman–Crippen MR) is 99.6 cm³/mol. The first-order valence-corrected chi connectivity index (χ1v) is 8.87. The zero-order valence-electron chi connectivity index (χ0n) is 13.7. The maximum atomic E-state index is 12.5. The zero-order valence-corrected chi connectivity index (χ0v) is 15.3. The lowest BCUT2D eigenvalue weighted by Gasteiger charge is -2.36. The first-order valence-electron chi connectivity index (χ1n) is 8.08. The Morgan fingerprint density at radius 2 is 1.71 bits per heavy atom. The van der Waals surface area contributed by atoms with Crippen LogP contribution in [0.5, 0.6) is 5.75 Å². The van der Waals surface area contributed by atoms with E-state index >= 15 is 0 Å². The van der Waals surface area contributed by atoms with Crippen LogP contribution in [0, 0.1) is 0 Å². The van der Waals surface area contributed by atoms with Gasteiger partial charge in [0.15, 0.2) is 0 Å². The highest BCUT2D eigenvalue weighted by atomic mass is 79.9. The van der Waals surface area contributed by atoms with E-state index in [0.29, 0.717) is 6.42 Å². The Balaban J connectivity index is 1.61. The van der Waals surface area contributed by atoms with Crippen molar-refractivity contribution in [2.75, 3.05) is 38.2 Å². The number of hydrogen-bond acceptors (Lipinski definition) is 3. The summed E-state index contributed by atoms with van der Waals surface area (Å²) in [6, 6.07) is 15.9. The summed E-state index contributed by atoms with van der Waals surface area (Å²) in [6.45, 7) is 3.12. The third kappa shape index (κ3) is 3.73. The molecule has 0 spiro atoms. The SMILES string of the molecule is COc1ccccc1N1CCN(C(=O)Cc2ccccc2Br)CC1. The second-order valence-corrected chi connectivity index (χ2v) is 6.66. The number of carbonyl (C=O) groups is 1. The molecule has 0 aliphatic carbocycles. The molecule has 1 aliphatic heterocycles. The average molecular weight is 389 g/mol. The molecule has 0 saturated carbocycles. The normalized spacial score (nSPS) is 14.6. The monoisotopic (exact) mass is 388 g/mol. The molecule has 3 rings (SSSR count). The third-order valence-corrected chi connectivity index (χ3v) is 5.13. The summed E-state index contributed by atoms with van der Waals surface area (Å²) in [7, 11) is 1.69. The summed E-state index contributed by atoms with van der Waals surface area (Å²) < 4.78 is 6.43. The van der Waals surface area contributed by atoms with E-state index in [1.54, 1.807) is 7.11 Å². The predicted octanol–water partition coefficient (Wildman–Crippen LogP) is 3.35. The van der Waals surface area contributed by atoms with Gasteiger partial charge in [0.2, 0.25) is 5.91 Å². The zero-order chi connectivity index (χ0) is 16.9. The van der Waals surface area contributed by atoms with Gasteiger partial charge in [-0.15, -0.1) is 0 Å². The van der Waals surface area contributed by atoms with Crippen LogP contribution < -0.4 is 9.64 Å². The lowest BCUT2D eigenvalue weighted by Crippen LogP contribution is -2.49. The Bertz CT molecular complexity index is 712. The van der Waals surface area contributed by atoms with E-state index in [9.17, 15) is 4.79 Å². The molecule has 4 nitrogen and oxygen atoms in total. The molecule has 0 unspecified atom stereocenters. The fourth-order valence-corrected chi connectivity index (χ4v) is 3.43. The maximum Gasteiger partial charge on any atom is 0.227 e. The van der Waals surface area contributed by atoms with Gasteiger partial charge in [0, 0.05) is 30.7 Å². The summed E-state index contributed by atoms with van der Waals surface area (Å²) >= 11 is 3.51. The Kier molecular flexibility index (Phi) is 5.41. The van der Waals surface area contributed by atoms with Crippen LogP contribution in [-0.4, -0.2) is 44.1 Å². The molecule has 1 amide bonds. The fraction of sp³-hybridized carbons (Fsp3) is 0.316. The van der Waals surface area contributed by atoms with Crippen LogP contribution in [0.3, 0.4) is 0 Å². The van der Waals surface area contributed by atoms with Crippen molar-refractivity contribution in [1.82, 2.24) is 4.90 Å². The molecular weight excluding hydrogens is 368 g/mol. The van der Waals surface area contributed by atoms with Gasteiger partial charge in [-0.05, 0) is 23.8 Å². The van der Waals surface area contributed by atoms with E-state index in [2.05, 4.69) is 26.9 Å². The van der Waals surface area contributed by atoms with Gasteiger partial charge in [-0.2, -0.15) is 0 Å². The van der Waals surface area contributed by atoms with Crippen LogP contribution in [0.1, 0.15) is 5.56 Å². The largest absolute Gasteiger partial charge is 0.495 e. The van der Waals surface area contributed by atoms with E-state index in [4.69, 9.17) is 4.74 Å². The van der Waals surface area contributed by atoms with Crippen molar-refractivity contribution in [3.8, 4) is 5.75 Å². The molecule has 1 aliphatic rings. The molecular formula is C19H21BrN2O2. The number of nitrogens with zero attached hydrogens (tertiary/aromatic N) is 2. The second kappa shape index (κ2) is 7.71. The Morgan fingerprint density at radius 3 is 2.42 bits per heavy atom. The minimum Gasteiger partial charge on any atom is -0.495 e. The molecule has 0 aromatic heterocycles. The second-order valence-electron chi connectivity index (χ2n) is 5.81. The standard InChI is InChI=1S/C19H21BrN2O2/c1-24-18-9-5-4-8-17(18)21-10-12-22(13-11-21)19(23)14-15-6-2-3-7-16(15)20/h2-9H,10-14H2,1H3. The van der Waals surface area contributed by atoms with Crippen molar-refractivity contribution >= 4 is 27.5 Å². The number of amides is 1. The molecule has 1 saturated heterocycles. The first-order chi connectivity index (χ1) is 11.7. The first kappa shape index (κ1) is 16.8. The molecule has 24 heavy (non-hydrogen) atoms. The average Bonchev–Trinajstić information content (AvgIpc) is 2.63. The molecule has 0 radical (unpaired) electrons. The van der Waals surface area contributed by atoms with Crippen molar-refractivity contribution < 1.29 is 9.53 Å². The quantitative estimate of drug-likeness (QED) is 0.804. The molecule has 1 heterocycles. The van der Waals surface area contributed by atoms with Crippen LogP contribution in [0.15, 0.2) is 53.0 Å². The summed E-state index contributed by atoms with van der Waals surface area (Å²) in [4.78, 5) is 16.8. The Labute approximate surface area is 151 Å². The van der Waals surface area contributed by atoms with Gasteiger partial charge >= 0.3 is 0 Å². The smallest absolute Gasteiger partial charge is 0.227 e. The summed E-state index contributed by atoms with van der Waals surface area (Å²) in [5.41, 5.74) is 2.13. The van der Waals surface area contributed by atoms with Crippen LogP contribution in [-0.2, 0) is 11.2 Å². The lowest BCUT2D eigenvalue weighted by atomic mass is 10.1. The fourth-order valence-electron chi connectivity index (χ4n) is 3.00. The number of carbonyl (C=O) groups excluding carboxylic acids is 1. The van der Waals surface area contributed by atoms with Crippen LogP contribution in [0.25, 0.3) is 0 Å². The number of hydrogen-bond donors (Lipinski definition) is 0. The van der Waals surface area contributed by atoms with Crippen molar-refractivity contribution in [3.63, 3.8) is 0 Å². The van der Waals surface area contributed by atoms with E-state index < -0.39 is 0 Å². The number of para-hydroxylation sites is 2. The summed E-state index contributed by atoms with van der Waals surface area (Å²) in [5, 5.41) is 0. The van der Waals surface area contributed by atoms with E-state index in [1.807, 2.05) is 47.4 Å². The number of ether oxygens (including phenoxy) is 1. The van der Waals surface area contributed by atoms with Gasteiger partial charge in [0.05, 0.1) is 19.2 Å². The highest BCUT2D eigenvalue weighted by Crippen LogP contribution is 2.28. The minimum absolute atomic E-state index is 0.182. The highest BCUT2D eigenvalue weighted by Gasteiger charge is 2.23. The van der Waals surface area contributed by atoms with Gasteiger partial charge in [-0.1, -0.05) is 46.3 Å². The van der Waals surface area contributed by atoms with Crippen molar-refractivity contribution in [2.45, 2.75) is 6.42 Å². The van der Waals surface area contributed by atoms with Crippen LogP contribution in [0.4, 0.5) is 5.69 Å². The highest BCUT2D eigenvalue weighted by molar-refractivity contribution is 9.10. The molecule has 0 N–H and O–H groups in total. The van der Waals surface area contributed by atoms with Crippen molar-refractivity contribution in [1.29, 1.82) is 0 Å². The van der Waals surface area contributed by atoms with E-state index in [-0.39, 0.29) is 5.91 Å². The number of methoxy groups -OCH3 is 1. The van der Waals surface area contributed by atoms with E-state index in [1.165, 1.54) is 0 Å². The van der Waals surface area contributed by atoms with Crippen molar-refractivity contribution in [2.24, 2.45) is 0 Å². The van der Waals surface area contributed by atoms with Gasteiger partial charge in [-0.25, -0.2) is 0 Å². The number of halogens is 1. The number of anilines is 1. The van der Waals surface area contributed by atoms with Crippen LogP contribution in [0.2, 0.25) is 0 Å². The number of benzene rings is 2. The van der Waals surface area contributed by atoms with Crippen LogP contribution >= 0.6 is 15.9 Å². The van der Waals surface area contributed by atoms with E-state index in [0.717, 1.165) is 47.7 Å². The molecule has 5 heteroatoms. The number of rotatable bonds is 4. The lowest BCUT2D eigenvalue weighted by molar-refractivity contribution is -0.130. The van der Waals surface area contributed by atoms with Gasteiger partial charge in [-0.3, -0.25) is 4.79 Å². The van der Waals surface area contributed by atoms with Gasteiger partial charge in [0.25, 0.3) is 0 Å². The molecule has 1 fully saturated rings. The molecule has 0 atom stereocenters.